The van der Waals surface area contributed by atoms with E-state index in [1.807, 2.05) is 37.1 Å². The third-order valence-corrected chi connectivity index (χ3v) is 5.80. The van der Waals surface area contributed by atoms with Crippen LogP contribution >= 0.6 is 0 Å². The van der Waals surface area contributed by atoms with Crippen molar-refractivity contribution >= 4 is 6.29 Å². The van der Waals surface area contributed by atoms with Crippen molar-refractivity contribution in [2.75, 3.05) is 13.6 Å². The smallest absolute Gasteiger partial charge is 0.334 e. The zero-order valence-corrected chi connectivity index (χ0v) is 19.6. The van der Waals surface area contributed by atoms with E-state index in [2.05, 4.69) is 10.1 Å². The van der Waals surface area contributed by atoms with Crippen molar-refractivity contribution in [3.05, 3.63) is 82.9 Å². The first-order valence-corrected chi connectivity index (χ1v) is 11.0. The van der Waals surface area contributed by atoms with Gasteiger partial charge in [0, 0.05) is 17.7 Å². The molecule has 0 amide bonds. The molecule has 3 aromatic carbocycles. The first-order chi connectivity index (χ1) is 16.7. The van der Waals surface area contributed by atoms with E-state index in [0.717, 1.165) is 34.6 Å². The largest absolute Gasteiger partial charge is 0.417 e. The Morgan fingerprint density at radius 1 is 0.943 bits per heavy atom. The van der Waals surface area contributed by atoms with Crippen LogP contribution in [0, 0.1) is 13.8 Å². The Morgan fingerprint density at radius 3 is 2.37 bits per heavy atom. The second kappa shape index (κ2) is 9.84. The van der Waals surface area contributed by atoms with Gasteiger partial charge in [-0.3, -0.25) is 4.90 Å². The number of alkyl halides is 3. The minimum atomic E-state index is -4.56. The number of carbonyl (C=O) groups is 1. The number of nitrogens with zero attached hydrogens (tertiary/aromatic N) is 3. The molecule has 0 bridgehead atoms. The minimum Gasteiger partial charge on any atom is -0.334 e. The SMILES string of the molecule is Cc1cc(CN(C)CC=O)ccc1-c1noc(-c2ccc(-c3ccccc3C)c(C(F)(F)F)c2)n1. The van der Waals surface area contributed by atoms with Gasteiger partial charge in [-0.1, -0.05) is 53.7 Å². The molecule has 0 saturated carbocycles. The lowest BCUT2D eigenvalue weighted by molar-refractivity contribution is -0.137. The quantitative estimate of drug-likeness (QED) is 0.290. The first-order valence-electron chi connectivity index (χ1n) is 11.0. The predicted octanol–water partition coefficient (Wildman–Crippen LogP) is 6.34. The number of carbonyl (C=O) groups excluding carboxylic acids is 1. The average molecular weight is 480 g/mol. The van der Waals surface area contributed by atoms with Crippen LogP contribution in [0.5, 0.6) is 0 Å². The lowest BCUT2D eigenvalue weighted by Gasteiger charge is -2.15. The summed E-state index contributed by atoms with van der Waals surface area (Å²) in [4.78, 5) is 16.9. The van der Waals surface area contributed by atoms with E-state index in [4.69, 9.17) is 4.52 Å². The summed E-state index contributed by atoms with van der Waals surface area (Å²) in [5.41, 5.74) is 3.43. The van der Waals surface area contributed by atoms with Crippen LogP contribution in [0.1, 0.15) is 22.3 Å². The van der Waals surface area contributed by atoms with Gasteiger partial charge in [-0.05, 0) is 60.8 Å². The van der Waals surface area contributed by atoms with Crippen LogP contribution in [-0.2, 0) is 17.5 Å². The zero-order chi connectivity index (χ0) is 25.2. The van der Waals surface area contributed by atoms with Gasteiger partial charge in [0.25, 0.3) is 5.89 Å². The Bertz CT molecular complexity index is 1360. The molecule has 8 heteroatoms. The van der Waals surface area contributed by atoms with Gasteiger partial charge in [0.1, 0.15) is 6.29 Å². The van der Waals surface area contributed by atoms with Crippen molar-refractivity contribution in [2.45, 2.75) is 26.6 Å². The maximum Gasteiger partial charge on any atom is 0.417 e. The number of aldehydes is 1. The number of hydrogen-bond acceptors (Lipinski definition) is 5. The molecule has 4 aromatic rings. The van der Waals surface area contributed by atoms with Crippen LogP contribution in [0.3, 0.4) is 0 Å². The van der Waals surface area contributed by atoms with Gasteiger partial charge in [-0.15, -0.1) is 0 Å². The number of likely N-dealkylation sites (N-methyl/N-ethyl adjacent to an activating group) is 1. The van der Waals surface area contributed by atoms with Gasteiger partial charge < -0.3 is 9.32 Å². The van der Waals surface area contributed by atoms with Gasteiger partial charge >= 0.3 is 6.18 Å². The van der Waals surface area contributed by atoms with Crippen LogP contribution in [0.2, 0.25) is 0 Å². The molecule has 0 atom stereocenters. The zero-order valence-electron chi connectivity index (χ0n) is 19.6. The van der Waals surface area contributed by atoms with E-state index >= 15 is 0 Å². The fourth-order valence-electron chi connectivity index (χ4n) is 4.05. The lowest BCUT2D eigenvalue weighted by Crippen LogP contribution is -2.19. The maximum absolute atomic E-state index is 14.0. The van der Waals surface area contributed by atoms with Gasteiger partial charge in [0.05, 0.1) is 12.1 Å². The van der Waals surface area contributed by atoms with Crippen LogP contribution < -0.4 is 0 Å². The molecule has 0 aliphatic carbocycles. The molecule has 0 unspecified atom stereocenters. The molecule has 0 N–H and O–H groups in total. The van der Waals surface area contributed by atoms with Crippen LogP contribution in [0.4, 0.5) is 13.2 Å². The van der Waals surface area contributed by atoms with Crippen molar-refractivity contribution in [3.8, 4) is 34.0 Å². The fourth-order valence-corrected chi connectivity index (χ4v) is 4.05. The molecule has 180 valence electrons. The van der Waals surface area contributed by atoms with Crippen molar-refractivity contribution in [1.29, 1.82) is 0 Å². The lowest BCUT2D eigenvalue weighted by atomic mass is 9.94. The number of benzene rings is 3. The van der Waals surface area contributed by atoms with E-state index < -0.39 is 11.7 Å². The second-order valence-electron chi connectivity index (χ2n) is 8.51. The third kappa shape index (κ3) is 5.33. The predicted molar refractivity (Wildman–Crippen MR) is 127 cm³/mol. The fraction of sp³-hybridized carbons (Fsp3) is 0.222. The van der Waals surface area contributed by atoms with Crippen LogP contribution in [-0.4, -0.2) is 34.9 Å². The van der Waals surface area contributed by atoms with Gasteiger partial charge in [-0.2, -0.15) is 18.2 Å². The number of aromatic nitrogens is 2. The molecule has 1 heterocycles. The highest BCUT2D eigenvalue weighted by molar-refractivity contribution is 5.74. The van der Waals surface area contributed by atoms with Crippen molar-refractivity contribution in [3.63, 3.8) is 0 Å². The van der Waals surface area contributed by atoms with Gasteiger partial charge in [-0.25, -0.2) is 0 Å². The number of aryl methyl sites for hydroxylation is 2. The topological polar surface area (TPSA) is 59.2 Å². The minimum absolute atomic E-state index is 0.0102. The summed E-state index contributed by atoms with van der Waals surface area (Å²) in [5, 5.41) is 4.01. The van der Waals surface area contributed by atoms with Crippen molar-refractivity contribution in [1.82, 2.24) is 15.0 Å². The molecule has 1 aromatic heterocycles. The van der Waals surface area contributed by atoms with Crippen molar-refractivity contribution in [2.24, 2.45) is 0 Å². The molecule has 0 aliphatic heterocycles. The van der Waals surface area contributed by atoms with Crippen LogP contribution in [0.25, 0.3) is 34.0 Å². The monoisotopic (exact) mass is 479 g/mol. The molecule has 5 nitrogen and oxygen atoms in total. The molecule has 4 rings (SSSR count). The number of rotatable bonds is 7. The Morgan fingerprint density at radius 2 is 1.69 bits per heavy atom. The molecule has 35 heavy (non-hydrogen) atoms. The number of hydrogen-bond donors (Lipinski definition) is 0. The molecule has 0 radical (unpaired) electrons. The molecule has 0 saturated heterocycles. The standard InChI is InChI=1S/C27H24F3N3O2/c1-17-6-4-5-7-21(17)23-11-9-20(15-24(23)27(28,29)30)26-31-25(32-35-26)22-10-8-19(14-18(22)2)16-33(3)12-13-34/h4-11,13-15H,12,16H2,1-3H3. The summed E-state index contributed by atoms with van der Waals surface area (Å²) < 4.78 is 47.3. The highest BCUT2D eigenvalue weighted by Gasteiger charge is 2.34. The van der Waals surface area contributed by atoms with E-state index in [1.54, 1.807) is 37.3 Å². The number of halogens is 3. The summed E-state index contributed by atoms with van der Waals surface area (Å²) in [6, 6.07) is 16.7. The first kappa shape index (κ1) is 24.3. The highest BCUT2D eigenvalue weighted by atomic mass is 19.4. The van der Waals surface area contributed by atoms with E-state index in [0.29, 0.717) is 24.5 Å². The summed E-state index contributed by atoms with van der Waals surface area (Å²) in [6.45, 7) is 4.61. The Balaban J connectivity index is 1.67. The summed E-state index contributed by atoms with van der Waals surface area (Å²) >= 11 is 0. The molecular formula is C27H24F3N3O2. The molecule has 0 aliphatic rings. The molecule has 0 fully saturated rings. The maximum atomic E-state index is 14.0. The second-order valence-corrected chi connectivity index (χ2v) is 8.51. The summed E-state index contributed by atoms with van der Waals surface area (Å²) in [5.74, 6) is 0.304. The van der Waals surface area contributed by atoms with E-state index in [1.165, 1.54) is 6.07 Å². The van der Waals surface area contributed by atoms with E-state index in [9.17, 15) is 18.0 Å². The summed E-state index contributed by atoms with van der Waals surface area (Å²) in [7, 11) is 1.85. The third-order valence-electron chi connectivity index (χ3n) is 5.80. The Labute approximate surface area is 201 Å². The normalized spacial score (nSPS) is 11.7. The Hall–Kier alpha value is -3.78. The average Bonchev–Trinajstić information content (AvgIpc) is 3.29. The molecular weight excluding hydrogens is 455 g/mol. The summed E-state index contributed by atoms with van der Waals surface area (Å²) in [6.07, 6.45) is -3.71. The molecule has 0 spiro atoms. The Kier molecular flexibility index (Phi) is 6.84. The highest BCUT2D eigenvalue weighted by Crippen LogP contribution is 2.40. The van der Waals surface area contributed by atoms with Gasteiger partial charge in [0.15, 0.2) is 0 Å². The van der Waals surface area contributed by atoms with Crippen LogP contribution in [0.15, 0.2) is 65.2 Å². The van der Waals surface area contributed by atoms with Gasteiger partial charge in [0.2, 0.25) is 5.82 Å². The van der Waals surface area contributed by atoms with Crippen molar-refractivity contribution < 1.29 is 22.5 Å². The van der Waals surface area contributed by atoms with E-state index in [-0.39, 0.29) is 17.0 Å².